The van der Waals surface area contributed by atoms with Crippen LogP contribution in [0.15, 0.2) is 36.4 Å². The van der Waals surface area contributed by atoms with Crippen LogP contribution in [0, 0.1) is 23.5 Å². The van der Waals surface area contributed by atoms with Crippen LogP contribution < -0.4 is 146 Å². The van der Waals surface area contributed by atoms with Crippen molar-refractivity contribution >= 4 is 56.7 Å². The van der Waals surface area contributed by atoms with Crippen LogP contribution in [0.2, 0.25) is 0 Å². The van der Waals surface area contributed by atoms with E-state index in [0.29, 0.717) is 17.8 Å². The summed E-state index contributed by atoms with van der Waals surface area (Å²) in [6, 6.07) is 8.53. The van der Waals surface area contributed by atoms with Crippen molar-refractivity contribution in [2.24, 2.45) is 5.73 Å². The number of carbonyl (C=O) groups is 2. The Labute approximate surface area is 339 Å². The molecule has 1 aromatic carbocycles. The fourth-order valence-electron chi connectivity index (χ4n) is 2.30. The summed E-state index contributed by atoms with van der Waals surface area (Å²) in [5.74, 6) is -0.352. The van der Waals surface area contributed by atoms with E-state index in [9.17, 15) is 9.59 Å². The van der Waals surface area contributed by atoms with Crippen molar-refractivity contribution in [2.45, 2.75) is 7.43 Å². The number of nitrogens with one attached hydrogen (secondary N) is 1. The van der Waals surface area contributed by atoms with Crippen LogP contribution in [0.1, 0.15) is 29.6 Å². The Hall–Kier alpha value is 2.72. The second kappa shape index (κ2) is 30.3. The number of nitrogens with two attached hydrogens (primary N) is 1. The molecule has 34 heavy (non-hydrogen) atoms. The summed E-state index contributed by atoms with van der Waals surface area (Å²) in [5.41, 5.74) is 6.53. The van der Waals surface area contributed by atoms with Gasteiger partial charge in [-0.25, -0.2) is 0 Å². The molecule has 0 bridgehead atoms. The van der Waals surface area contributed by atoms with Crippen molar-refractivity contribution in [1.29, 1.82) is 5.26 Å². The molecule has 1 aromatic rings. The first kappa shape index (κ1) is 46.6. The van der Waals surface area contributed by atoms with Crippen molar-refractivity contribution in [3.05, 3.63) is 59.7 Å². The van der Waals surface area contributed by atoms with Crippen molar-refractivity contribution in [1.82, 2.24) is 15.1 Å². The van der Waals surface area contributed by atoms with E-state index in [1.54, 1.807) is 30.3 Å². The number of rotatable bonds is 2. The topological polar surface area (TPSA) is 102 Å². The van der Waals surface area contributed by atoms with Crippen molar-refractivity contribution < 1.29 is 146 Å². The predicted molar refractivity (Wildman–Crippen MR) is 134 cm³/mol. The standard InChI is InChI=1S/C9H6BrNO2.C5H9N2.C4H6N.C2H2ClN.CH4.Al.Li.2Rb.4H/c10-5-11-8(12)6-3-1-2-4-7(6)9(11)13;6-5-7-3-1-2-4-7;1-2-4-5-3-1;3-1-2-4;;;;;;;;;/h1-4H,5H2;1H,3-6H2;1,5H,3-4H2;1H2;1H4;;;;;;;;/q;2*-1;;;;3*+1;;;;-1. The second-order valence-corrected chi connectivity index (χ2v) is 6.41. The van der Waals surface area contributed by atoms with E-state index < -0.39 is 0 Å². The van der Waals surface area contributed by atoms with Gasteiger partial charge in [0.15, 0.2) is 17.4 Å². The molecule has 4 rings (SSSR count). The maximum absolute atomic E-state index is 11.5. The number of alkyl halides is 2. The first-order valence-corrected chi connectivity index (χ1v) is 10.4. The number of nitriles is 1. The van der Waals surface area contributed by atoms with E-state index >= 15 is 0 Å². The van der Waals surface area contributed by atoms with Crippen LogP contribution in [-0.4, -0.2) is 83.2 Å². The summed E-state index contributed by atoms with van der Waals surface area (Å²) in [4.78, 5) is 26.3. The predicted octanol–water partition coefficient (Wildman–Crippen LogP) is -7.51. The van der Waals surface area contributed by atoms with E-state index in [-0.39, 0.29) is 185 Å². The molecule has 0 fully saturated rings. The molecule has 0 unspecified atom stereocenters. The van der Waals surface area contributed by atoms with Gasteiger partial charge in [0.05, 0.1) is 22.7 Å². The zero-order valence-corrected chi connectivity index (χ0v) is 31.1. The van der Waals surface area contributed by atoms with Crippen LogP contribution in [0.4, 0.5) is 0 Å². The average molecular weight is 706 g/mol. The van der Waals surface area contributed by atoms with Gasteiger partial charge in [-0.1, -0.05) is 35.5 Å². The van der Waals surface area contributed by atoms with E-state index in [4.69, 9.17) is 22.6 Å². The number of fused-ring (bicyclic) bond motifs is 1. The van der Waals surface area contributed by atoms with Crippen LogP contribution in [-0.2, 0) is 0 Å². The van der Waals surface area contributed by atoms with Crippen molar-refractivity contribution in [3.63, 3.8) is 0 Å². The number of halogens is 2. The normalized spacial score (nSPS) is 13.8. The molecule has 0 spiro atoms. The third-order valence-corrected chi connectivity index (χ3v) is 4.36. The smallest absolute Gasteiger partial charge is 1.00 e. The van der Waals surface area contributed by atoms with Gasteiger partial charge in [0.2, 0.25) is 0 Å². The van der Waals surface area contributed by atoms with E-state index in [2.05, 4.69) is 38.3 Å². The number of benzene rings is 1. The van der Waals surface area contributed by atoms with Gasteiger partial charge in [-0.3, -0.25) is 26.6 Å². The SMILES string of the molecule is C.N#CCCl.NCN1C[C-]=CC1.O=C1c2ccccc2C(=O)N1CBr.[AlH3].[C-]1=CCNC1.[H-].[Li+].[Rb+].[Rb+]. The van der Waals surface area contributed by atoms with Gasteiger partial charge >= 0.3 is 135 Å². The number of hydrogen-bond donors (Lipinski definition) is 2. The number of nitrogens with zero attached hydrogens (tertiary/aromatic N) is 3. The Balaban J connectivity index is -0.0000000834. The fraction of sp³-hybridized carbons (Fsp3) is 0.381. The number of hydrogen-bond acceptors (Lipinski definition) is 6. The average Bonchev–Trinajstić information content (AvgIpc) is 3.54. The van der Waals surface area contributed by atoms with Gasteiger partial charge in [0.1, 0.15) is 5.88 Å². The number of imide groups is 1. The van der Waals surface area contributed by atoms with Gasteiger partial charge in [0, 0.05) is 6.67 Å². The molecule has 2 amide bonds. The number of carbonyl (C=O) groups excluding carboxylic acids is 2. The summed E-state index contributed by atoms with van der Waals surface area (Å²) in [6.45, 7) is 4.51. The van der Waals surface area contributed by atoms with Gasteiger partial charge in [-0.15, -0.1) is 24.7 Å². The summed E-state index contributed by atoms with van der Waals surface area (Å²) < 4.78 is 0. The summed E-state index contributed by atoms with van der Waals surface area (Å²) in [5, 5.41) is 10.5. The molecule has 172 valence electrons. The Kier molecular flexibility index (Phi) is 41.4. The van der Waals surface area contributed by atoms with Gasteiger partial charge in [-0.05, 0) is 25.2 Å². The molecular weight excluding hydrogens is 674 g/mol. The Morgan fingerprint density at radius 2 is 1.71 bits per heavy atom. The zero-order chi connectivity index (χ0) is 21.5. The Bertz CT molecular complexity index is 745. The van der Waals surface area contributed by atoms with E-state index in [1.807, 2.05) is 12.2 Å². The maximum atomic E-state index is 11.5. The van der Waals surface area contributed by atoms with Crippen LogP contribution in [0.5, 0.6) is 0 Å². The molecule has 0 atom stereocenters. The molecule has 3 heterocycles. The monoisotopic (exact) mass is 703 g/mol. The van der Waals surface area contributed by atoms with Crippen LogP contribution in [0.25, 0.3) is 0 Å². The van der Waals surface area contributed by atoms with Gasteiger partial charge < -0.3 is 29.5 Å². The zero-order valence-electron chi connectivity index (χ0n) is 19.9. The molecule has 0 aliphatic carbocycles. The Morgan fingerprint density at radius 1 is 1.18 bits per heavy atom. The molecule has 7 nitrogen and oxygen atoms in total. The minimum Gasteiger partial charge on any atom is -1.00 e. The molecule has 3 aliphatic rings. The van der Waals surface area contributed by atoms with E-state index in [0.717, 1.165) is 26.2 Å². The minimum absolute atomic E-state index is 0. The first-order valence-electron chi connectivity index (χ1n) is 8.78. The van der Waals surface area contributed by atoms with Crippen molar-refractivity contribution in [3.8, 4) is 6.07 Å². The molecule has 0 radical (unpaired) electrons. The summed E-state index contributed by atoms with van der Waals surface area (Å²) in [7, 11) is 0. The fourth-order valence-corrected chi connectivity index (χ4v) is 2.75. The first-order chi connectivity index (χ1) is 14.1. The molecule has 13 heteroatoms. The molecular formula is C21H31AlBrClLiN5O2Rb2. The van der Waals surface area contributed by atoms with Gasteiger partial charge in [0.25, 0.3) is 11.8 Å². The summed E-state index contributed by atoms with van der Waals surface area (Å²) >= 11 is 7.93. The molecule has 3 N–H and O–H groups in total. The third kappa shape index (κ3) is 18.1. The molecule has 0 saturated carbocycles. The molecule has 0 saturated heterocycles. The molecule has 3 aliphatic heterocycles. The maximum Gasteiger partial charge on any atom is 1.00 e. The summed E-state index contributed by atoms with van der Waals surface area (Å²) in [6.07, 6.45) is 10.0. The van der Waals surface area contributed by atoms with Gasteiger partial charge in [-0.2, -0.15) is 5.26 Å². The number of amides is 2. The largest absolute Gasteiger partial charge is 1.00 e. The van der Waals surface area contributed by atoms with Crippen LogP contribution >= 0.6 is 27.5 Å². The second-order valence-electron chi connectivity index (χ2n) is 5.64. The molecule has 0 aromatic heterocycles. The van der Waals surface area contributed by atoms with Crippen molar-refractivity contribution in [2.75, 3.05) is 44.2 Å². The quantitative estimate of drug-likeness (QED) is 0.104. The Morgan fingerprint density at radius 3 is 1.94 bits per heavy atom. The third-order valence-electron chi connectivity index (χ3n) is 3.74. The minimum atomic E-state index is -0.225. The van der Waals surface area contributed by atoms with Crippen LogP contribution in [0.3, 0.4) is 0 Å². The van der Waals surface area contributed by atoms with E-state index in [1.165, 1.54) is 4.90 Å².